The van der Waals surface area contributed by atoms with Crippen LogP contribution in [0.1, 0.15) is 10.5 Å². The second-order valence-electron chi connectivity index (χ2n) is 4.86. The van der Waals surface area contributed by atoms with E-state index in [2.05, 4.69) is 20.1 Å². The van der Waals surface area contributed by atoms with E-state index in [0.717, 1.165) is 0 Å². The highest BCUT2D eigenvalue weighted by molar-refractivity contribution is 7.14. The number of aromatic nitrogens is 3. The molecule has 130 valence electrons. The summed E-state index contributed by atoms with van der Waals surface area (Å²) in [6.07, 6.45) is 1.38. The summed E-state index contributed by atoms with van der Waals surface area (Å²) in [5, 5.41) is 8.92. The van der Waals surface area contributed by atoms with Gasteiger partial charge in [-0.15, -0.1) is 11.3 Å². The minimum Gasteiger partial charge on any atom is -0.435 e. The van der Waals surface area contributed by atoms with Gasteiger partial charge in [0.25, 0.3) is 5.91 Å². The van der Waals surface area contributed by atoms with Gasteiger partial charge in [0.1, 0.15) is 11.4 Å². The van der Waals surface area contributed by atoms with E-state index in [1.807, 2.05) is 0 Å². The van der Waals surface area contributed by atoms with Gasteiger partial charge in [0.15, 0.2) is 5.13 Å². The van der Waals surface area contributed by atoms with Gasteiger partial charge in [0.2, 0.25) is 0 Å². The van der Waals surface area contributed by atoms with Gasteiger partial charge < -0.3 is 4.74 Å². The lowest BCUT2D eigenvalue weighted by Crippen LogP contribution is -2.16. The van der Waals surface area contributed by atoms with Gasteiger partial charge in [-0.3, -0.25) is 14.8 Å². The molecule has 3 aromatic rings. The van der Waals surface area contributed by atoms with Crippen molar-refractivity contribution in [2.45, 2.75) is 6.61 Å². The number of hydrogen-bond donors (Lipinski definition) is 1. The van der Waals surface area contributed by atoms with E-state index in [-0.39, 0.29) is 16.5 Å². The first-order valence-corrected chi connectivity index (χ1v) is 8.19. The number of amides is 1. The van der Waals surface area contributed by atoms with E-state index in [1.54, 1.807) is 24.6 Å². The van der Waals surface area contributed by atoms with E-state index >= 15 is 0 Å². The third kappa shape index (κ3) is 3.94. The maximum atomic E-state index is 12.2. The van der Waals surface area contributed by atoms with Crippen molar-refractivity contribution < 1.29 is 18.3 Å². The lowest BCUT2D eigenvalue weighted by Gasteiger charge is -2.04. The number of benzene rings is 1. The largest absolute Gasteiger partial charge is 0.435 e. The Labute approximate surface area is 150 Å². The van der Waals surface area contributed by atoms with Gasteiger partial charge in [-0.25, -0.2) is 4.98 Å². The highest BCUT2D eigenvalue weighted by Crippen LogP contribution is 2.27. The Morgan fingerprint density at radius 2 is 2.08 bits per heavy atom. The summed E-state index contributed by atoms with van der Waals surface area (Å²) in [5.41, 5.74) is 1.53. The maximum absolute atomic E-state index is 12.2. The molecule has 1 amide bonds. The molecule has 0 saturated carbocycles. The molecule has 0 aliphatic rings. The minimum absolute atomic E-state index is 0.0633. The van der Waals surface area contributed by atoms with Gasteiger partial charge >= 0.3 is 6.61 Å². The number of carbonyl (C=O) groups excluding carboxylic acids is 1. The number of aryl methyl sites for hydroxylation is 1. The third-order valence-corrected chi connectivity index (χ3v) is 4.24. The maximum Gasteiger partial charge on any atom is 0.387 e. The van der Waals surface area contributed by atoms with Crippen LogP contribution in [0.2, 0.25) is 5.02 Å². The monoisotopic (exact) mass is 384 g/mol. The SMILES string of the molecule is Cn1ncc(Cl)c1C(=O)Nc1nc(-c2ccc(OC(F)F)cc2)cs1. The van der Waals surface area contributed by atoms with Crippen LogP contribution < -0.4 is 10.1 Å². The first-order valence-electron chi connectivity index (χ1n) is 6.93. The molecule has 0 fully saturated rings. The molecule has 0 radical (unpaired) electrons. The molecule has 1 aromatic carbocycles. The fourth-order valence-electron chi connectivity index (χ4n) is 2.09. The number of carbonyl (C=O) groups is 1. The van der Waals surface area contributed by atoms with Crippen molar-refractivity contribution >= 4 is 34.0 Å². The minimum atomic E-state index is -2.87. The normalized spacial score (nSPS) is 10.9. The Morgan fingerprint density at radius 3 is 2.68 bits per heavy atom. The van der Waals surface area contributed by atoms with Crippen molar-refractivity contribution in [2.75, 3.05) is 5.32 Å². The van der Waals surface area contributed by atoms with Crippen LogP contribution in [0.3, 0.4) is 0 Å². The quantitative estimate of drug-likeness (QED) is 0.720. The van der Waals surface area contributed by atoms with Crippen LogP contribution >= 0.6 is 22.9 Å². The number of hydrogen-bond acceptors (Lipinski definition) is 5. The standard InChI is InChI=1S/C15H11ClF2N4O2S/c1-22-12(10(16)6-19-22)13(23)21-15-20-11(7-25-15)8-2-4-9(5-3-8)24-14(17)18/h2-7,14H,1H3,(H,20,21,23). The molecule has 0 aliphatic heterocycles. The van der Waals surface area contributed by atoms with E-state index in [1.165, 1.54) is 34.3 Å². The summed E-state index contributed by atoms with van der Waals surface area (Å²) in [6.45, 7) is -2.87. The smallest absolute Gasteiger partial charge is 0.387 e. The van der Waals surface area contributed by atoms with Crippen molar-refractivity contribution in [3.8, 4) is 17.0 Å². The molecular formula is C15H11ClF2N4O2S. The summed E-state index contributed by atoms with van der Waals surface area (Å²) in [7, 11) is 1.61. The van der Waals surface area contributed by atoms with Crippen molar-refractivity contribution in [1.29, 1.82) is 0 Å². The van der Waals surface area contributed by atoms with Gasteiger partial charge in [0, 0.05) is 18.0 Å². The van der Waals surface area contributed by atoms with Crippen molar-refractivity contribution in [2.24, 2.45) is 7.05 Å². The summed E-state index contributed by atoms with van der Waals surface area (Å²) >= 11 is 7.16. The second kappa shape index (κ2) is 7.16. The highest BCUT2D eigenvalue weighted by Gasteiger charge is 2.17. The molecule has 0 aliphatic carbocycles. The zero-order chi connectivity index (χ0) is 18.0. The zero-order valence-electron chi connectivity index (χ0n) is 12.7. The van der Waals surface area contributed by atoms with E-state index in [0.29, 0.717) is 16.4 Å². The predicted octanol–water partition coefficient (Wildman–Crippen LogP) is 4.05. The molecular weight excluding hydrogens is 374 g/mol. The van der Waals surface area contributed by atoms with Gasteiger partial charge in [-0.1, -0.05) is 11.6 Å². The van der Waals surface area contributed by atoms with Crippen molar-refractivity contribution in [3.63, 3.8) is 0 Å². The van der Waals surface area contributed by atoms with E-state index < -0.39 is 12.5 Å². The number of rotatable bonds is 5. The van der Waals surface area contributed by atoms with Crippen LogP contribution in [0.15, 0.2) is 35.8 Å². The molecule has 25 heavy (non-hydrogen) atoms. The number of ether oxygens (including phenoxy) is 1. The third-order valence-electron chi connectivity index (χ3n) is 3.21. The zero-order valence-corrected chi connectivity index (χ0v) is 14.3. The van der Waals surface area contributed by atoms with Gasteiger partial charge in [-0.05, 0) is 24.3 Å². The van der Waals surface area contributed by atoms with Crippen LogP contribution in [-0.4, -0.2) is 27.3 Å². The van der Waals surface area contributed by atoms with Crippen LogP contribution in [0.4, 0.5) is 13.9 Å². The second-order valence-corrected chi connectivity index (χ2v) is 6.12. The van der Waals surface area contributed by atoms with Crippen LogP contribution in [0, 0.1) is 0 Å². The number of anilines is 1. The van der Waals surface area contributed by atoms with Crippen LogP contribution in [-0.2, 0) is 7.05 Å². The first-order chi connectivity index (χ1) is 11.9. The summed E-state index contributed by atoms with van der Waals surface area (Å²) in [6, 6.07) is 6.07. The molecule has 0 bridgehead atoms. The van der Waals surface area contributed by atoms with Crippen molar-refractivity contribution in [3.05, 3.63) is 46.6 Å². The summed E-state index contributed by atoms with van der Waals surface area (Å²) in [4.78, 5) is 16.5. The van der Waals surface area contributed by atoms with E-state index in [4.69, 9.17) is 11.6 Å². The molecule has 2 aromatic heterocycles. The molecule has 2 heterocycles. The molecule has 0 spiro atoms. The van der Waals surface area contributed by atoms with Gasteiger partial charge in [-0.2, -0.15) is 13.9 Å². The number of halogens is 3. The van der Waals surface area contributed by atoms with Gasteiger partial charge in [0.05, 0.1) is 16.9 Å². The highest BCUT2D eigenvalue weighted by atomic mass is 35.5. The summed E-state index contributed by atoms with van der Waals surface area (Å²) < 4.78 is 30.0. The molecule has 10 heteroatoms. The molecule has 0 atom stereocenters. The van der Waals surface area contributed by atoms with Crippen molar-refractivity contribution in [1.82, 2.24) is 14.8 Å². The summed E-state index contributed by atoms with van der Waals surface area (Å²) in [5.74, 6) is -0.361. The number of thiazole rings is 1. The molecule has 3 rings (SSSR count). The Morgan fingerprint density at radius 1 is 1.36 bits per heavy atom. The molecule has 1 N–H and O–H groups in total. The number of nitrogens with one attached hydrogen (secondary N) is 1. The number of nitrogens with zero attached hydrogens (tertiary/aromatic N) is 3. The number of alkyl halides is 2. The molecule has 6 nitrogen and oxygen atoms in total. The lowest BCUT2D eigenvalue weighted by atomic mass is 10.2. The lowest BCUT2D eigenvalue weighted by molar-refractivity contribution is -0.0498. The van der Waals surface area contributed by atoms with Crippen LogP contribution in [0.25, 0.3) is 11.3 Å². The molecule has 0 saturated heterocycles. The first kappa shape index (κ1) is 17.3. The predicted molar refractivity (Wildman–Crippen MR) is 90.4 cm³/mol. The average Bonchev–Trinajstić information content (AvgIpc) is 3.14. The Balaban J connectivity index is 1.73. The fraction of sp³-hybridized carbons (Fsp3) is 0.133. The topological polar surface area (TPSA) is 69.0 Å². The molecule has 0 unspecified atom stereocenters. The van der Waals surface area contributed by atoms with E-state index in [9.17, 15) is 13.6 Å². The average molecular weight is 385 g/mol. The fourth-order valence-corrected chi connectivity index (χ4v) is 3.06. The Kier molecular flexibility index (Phi) is 4.95. The van der Waals surface area contributed by atoms with Crippen LogP contribution in [0.5, 0.6) is 5.75 Å². The Bertz CT molecular complexity index is 876. The Hall–Kier alpha value is -2.52.